The highest BCUT2D eigenvalue weighted by atomic mass is 16.5. The number of nitrogens with zero attached hydrogens (tertiary/aromatic N) is 5. The number of carbonyl (C=O) groups is 2. The molecule has 10 heteroatoms. The van der Waals surface area contributed by atoms with Crippen molar-refractivity contribution in [2.75, 3.05) is 27.2 Å². The molecule has 1 aromatic carbocycles. The molecule has 1 spiro atoms. The van der Waals surface area contributed by atoms with Crippen molar-refractivity contribution in [1.82, 2.24) is 35.4 Å². The Bertz CT molecular complexity index is 1180. The predicted molar refractivity (Wildman–Crippen MR) is 120 cm³/mol. The molecule has 2 aliphatic rings. The summed E-state index contributed by atoms with van der Waals surface area (Å²) in [7, 11) is 3.20. The van der Waals surface area contributed by atoms with Gasteiger partial charge in [0, 0.05) is 25.7 Å². The Kier molecular flexibility index (Phi) is 5.35. The van der Waals surface area contributed by atoms with Crippen molar-refractivity contribution in [2.45, 2.75) is 31.7 Å². The minimum absolute atomic E-state index is 0.0370. The predicted octanol–water partition coefficient (Wildman–Crippen LogP) is 2.29. The zero-order valence-electron chi connectivity index (χ0n) is 18.7. The van der Waals surface area contributed by atoms with Gasteiger partial charge in [-0.05, 0) is 49.3 Å². The fourth-order valence-electron chi connectivity index (χ4n) is 5.03. The van der Waals surface area contributed by atoms with Crippen LogP contribution in [0.2, 0.25) is 0 Å². The lowest BCUT2D eigenvalue weighted by atomic mass is 9.59. The van der Waals surface area contributed by atoms with E-state index < -0.39 is 0 Å². The number of piperidine rings is 1. The summed E-state index contributed by atoms with van der Waals surface area (Å²) in [6.07, 6.45) is 5.63. The molecule has 1 saturated heterocycles. The largest absolute Gasteiger partial charge is 0.497 e. The first-order valence-corrected chi connectivity index (χ1v) is 11.2. The van der Waals surface area contributed by atoms with Gasteiger partial charge in [-0.2, -0.15) is 5.10 Å². The highest BCUT2D eigenvalue weighted by Gasteiger charge is 2.50. The molecule has 1 aliphatic carbocycles. The minimum Gasteiger partial charge on any atom is -0.497 e. The quantitative estimate of drug-likeness (QED) is 0.617. The van der Waals surface area contributed by atoms with Crippen molar-refractivity contribution in [3.8, 4) is 17.0 Å². The van der Waals surface area contributed by atoms with Crippen LogP contribution in [-0.2, 0) is 0 Å². The van der Waals surface area contributed by atoms with Crippen LogP contribution in [-0.4, -0.2) is 69.2 Å². The number of benzene rings is 1. The molecule has 2 fully saturated rings. The van der Waals surface area contributed by atoms with Crippen molar-refractivity contribution in [2.24, 2.45) is 5.41 Å². The highest BCUT2D eigenvalue weighted by Crippen LogP contribution is 2.56. The number of carbonyl (C=O) groups excluding carboxylic acids is 2. The van der Waals surface area contributed by atoms with E-state index in [0.717, 1.165) is 37.0 Å². The van der Waals surface area contributed by atoms with Gasteiger partial charge in [-0.1, -0.05) is 17.3 Å². The fourth-order valence-corrected chi connectivity index (χ4v) is 5.03. The third kappa shape index (κ3) is 3.75. The summed E-state index contributed by atoms with van der Waals surface area (Å²) in [5.41, 5.74) is 2.52. The molecule has 2 N–H and O–H groups in total. The van der Waals surface area contributed by atoms with E-state index in [1.807, 2.05) is 33.8 Å². The second kappa shape index (κ2) is 8.34. The number of ether oxygens (including phenoxy) is 1. The van der Waals surface area contributed by atoms with Crippen LogP contribution in [0.15, 0.2) is 36.5 Å². The molecule has 1 aliphatic heterocycles. The van der Waals surface area contributed by atoms with E-state index in [0.29, 0.717) is 30.2 Å². The maximum Gasteiger partial charge on any atom is 0.273 e. The van der Waals surface area contributed by atoms with Gasteiger partial charge in [-0.25, -0.2) is 4.68 Å². The van der Waals surface area contributed by atoms with Crippen LogP contribution in [0.3, 0.4) is 0 Å². The van der Waals surface area contributed by atoms with E-state index in [1.165, 1.54) is 0 Å². The van der Waals surface area contributed by atoms with Crippen LogP contribution in [0.4, 0.5) is 0 Å². The zero-order valence-corrected chi connectivity index (χ0v) is 18.7. The Morgan fingerprint density at radius 2 is 2.03 bits per heavy atom. The molecule has 172 valence electrons. The van der Waals surface area contributed by atoms with Crippen molar-refractivity contribution in [3.63, 3.8) is 0 Å². The standard InChI is InChI=1S/C23H27N7O3/c1-24-21(31)19-14-30(28-27-19)20-6-7-23(20)8-10-29(11-9-23)22(32)18-13-17(25-26-18)15-4-3-5-16(12-15)33-2/h3-5,12-14,20H,6-11H2,1-2H3,(H,24,31)(H,25,26). The maximum absolute atomic E-state index is 13.1. The number of hydrogen-bond donors (Lipinski definition) is 2. The Balaban J connectivity index is 1.24. The normalized spacial score (nSPS) is 19.2. The van der Waals surface area contributed by atoms with Gasteiger partial charge in [-0.3, -0.25) is 14.7 Å². The van der Waals surface area contributed by atoms with Crippen molar-refractivity contribution < 1.29 is 14.3 Å². The Labute approximate surface area is 191 Å². The second-order valence-electron chi connectivity index (χ2n) is 8.77. The fraction of sp³-hybridized carbons (Fsp3) is 0.435. The first-order chi connectivity index (χ1) is 16.0. The third-order valence-electron chi connectivity index (χ3n) is 7.13. The molecule has 1 atom stereocenters. The number of rotatable bonds is 5. The van der Waals surface area contributed by atoms with E-state index >= 15 is 0 Å². The van der Waals surface area contributed by atoms with Gasteiger partial charge < -0.3 is 15.0 Å². The summed E-state index contributed by atoms with van der Waals surface area (Å²) in [4.78, 5) is 26.8. The lowest BCUT2D eigenvalue weighted by molar-refractivity contribution is -0.0269. The van der Waals surface area contributed by atoms with E-state index in [4.69, 9.17) is 4.74 Å². The molecule has 1 unspecified atom stereocenters. The van der Waals surface area contributed by atoms with Gasteiger partial charge in [0.15, 0.2) is 5.69 Å². The second-order valence-corrected chi connectivity index (χ2v) is 8.77. The van der Waals surface area contributed by atoms with Gasteiger partial charge in [-0.15, -0.1) is 5.10 Å². The molecule has 1 saturated carbocycles. The minimum atomic E-state index is -0.233. The first kappa shape index (κ1) is 21.2. The molecule has 5 rings (SSSR count). The highest BCUT2D eigenvalue weighted by molar-refractivity contribution is 5.93. The lowest BCUT2D eigenvalue weighted by Gasteiger charge is -2.53. The Morgan fingerprint density at radius 1 is 1.21 bits per heavy atom. The first-order valence-electron chi connectivity index (χ1n) is 11.2. The zero-order chi connectivity index (χ0) is 23.0. The van der Waals surface area contributed by atoms with Crippen LogP contribution in [0.5, 0.6) is 5.75 Å². The summed E-state index contributed by atoms with van der Waals surface area (Å²) >= 11 is 0. The van der Waals surface area contributed by atoms with Gasteiger partial charge in [0.2, 0.25) is 0 Å². The van der Waals surface area contributed by atoms with Gasteiger partial charge >= 0.3 is 0 Å². The average molecular weight is 450 g/mol. The van der Waals surface area contributed by atoms with Crippen LogP contribution in [0.1, 0.15) is 52.7 Å². The molecule has 3 aromatic rings. The van der Waals surface area contributed by atoms with E-state index in [-0.39, 0.29) is 23.3 Å². The van der Waals surface area contributed by atoms with Gasteiger partial charge in [0.25, 0.3) is 11.8 Å². The number of amides is 2. The molecule has 2 aromatic heterocycles. The molecular formula is C23H27N7O3. The topological polar surface area (TPSA) is 118 Å². The number of aromatic nitrogens is 5. The van der Waals surface area contributed by atoms with Crippen molar-refractivity contribution in [1.29, 1.82) is 0 Å². The maximum atomic E-state index is 13.1. The van der Waals surface area contributed by atoms with Crippen molar-refractivity contribution >= 4 is 11.8 Å². The van der Waals surface area contributed by atoms with Crippen LogP contribution >= 0.6 is 0 Å². The number of aromatic amines is 1. The summed E-state index contributed by atoms with van der Waals surface area (Å²) in [5, 5.41) is 18.0. The average Bonchev–Trinajstić information content (AvgIpc) is 3.53. The molecular weight excluding hydrogens is 422 g/mol. The van der Waals surface area contributed by atoms with Crippen LogP contribution < -0.4 is 10.1 Å². The monoisotopic (exact) mass is 449 g/mol. The van der Waals surface area contributed by atoms with E-state index in [2.05, 4.69) is 25.8 Å². The number of H-pyrrole nitrogens is 1. The Hall–Kier alpha value is -3.69. The van der Waals surface area contributed by atoms with E-state index in [9.17, 15) is 9.59 Å². The summed E-state index contributed by atoms with van der Waals surface area (Å²) in [6, 6.07) is 9.62. The van der Waals surface area contributed by atoms with Crippen LogP contribution in [0, 0.1) is 5.41 Å². The summed E-state index contributed by atoms with van der Waals surface area (Å²) in [6.45, 7) is 1.36. The smallest absolute Gasteiger partial charge is 0.273 e. The number of likely N-dealkylation sites (tertiary alicyclic amines) is 1. The van der Waals surface area contributed by atoms with Gasteiger partial charge in [0.05, 0.1) is 25.0 Å². The number of nitrogens with one attached hydrogen (secondary N) is 2. The number of hydrogen-bond acceptors (Lipinski definition) is 6. The summed E-state index contributed by atoms with van der Waals surface area (Å²) in [5.74, 6) is 0.475. The molecule has 33 heavy (non-hydrogen) atoms. The van der Waals surface area contributed by atoms with Crippen molar-refractivity contribution in [3.05, 3.63) is 47.9 Å². The molecule has 3 heterocycles. The number of methoxy groups -OCH3 is 1. The molecule has 0 bridgehead atoms. The SMILES string of the molecule is CNC(=O)c1cn(C2CCC23CCN(C(=O)c2cc(-c4cccc(OC)c4)n[nH]2)CC3)nn1. The molecule has 0 radical (unpaired) electrons. The Morgan fingerprint density at radius 3 is 2.73 bits per heavy atom. The van der Waals surface area contributed by atoms with Crippen LogP contribution in [0.25, 0.3) is 11.3 Å². The lowest BCUT2D eigenvalue weighted by Crippen LogP contribution is -2.51. The third-order valence-corrected chi connectivity index (χ3v) is 7.13. The summed E-state index contributed by atoms with van der Waals surface area (Å²) < 4.78 is 7.11. The molecule has 10 nitrogen and oxygen atoms in total. The van der Waals surface area contributed by atoms with Gasteiger partial charge in [0.1, 0.15) is 11.4 Å². The molecule has 2 amide bonds. The van der Waals surface area contributed by atoms with E-state index in [1.54, 1.807) is 26.4 Å².